The molecule has 0 unspecified atom stereocenters. The Kier molecular flexibility index (Phi) is 3.48. The highest BCUT2D eigenvalue weighted by Crippen LogP contribution is 2.30. The van der Waals surface area contributed by atoms with E-state index in [-0.39, 0.29) is 24.1 Å². The van der Waals surface area contributed by atoms with Crippen LogP contribution in [0.1, 0.15) is 23.6 Å². The summed E-state index contributed by atoms with van der Waals surface area (Å²) in [5.41, 5.74) is 7.94. The van der Waals surface area contributed by atoms with Crippen LogP contribution in [-0.2, 0) is 16.4 Å². The molecule has 0 fully saturated rings. The highest BCUT2D eigenvalue weighted by atomic mass is 32.2. The van der Waals surface area contributed by atoms with E-state index >= 15 is 0 Å². The SMILES string of the molecule is N[C@@H]1CCc2ccc(S(=O)(=O)NCCO)cc21. The molecule has 0 amide bonds. The van der Waals surface area contributed by atoms with E-state index in [1.165, 1.54) is 0 Å². The van der Waals surface area contributed by atoms with E-state index in [1.54, 1.807) is 12.1 Å². The molecule has 0 radical (unpaired) electrons. The molecule has 0 bridgehead atoms. The molecule has 17 heavy (non-hydrogen) atoms. The Bertz CT molecular complexity index is 513. The van der Waals surface area contributed by atoms with Gasteiger partial charge in [0.2, 0.25) is 10.0 Å². The second-order valence-electron chi connectivity index (χ2n) is 4.13. The first-order chi connectivity index (χ1) is 8.04. The Balaban J connectivity index is 2.32. The highest BCUT2D eigenvalue weighted by Gasteiger charge is 2.22. The van der Waals surface area contributed by atoms with Crippen molar-refractivity contribution in [1.82, 2.24) is 4.72 Å². The van der Waals surface area contributed by atoms with Gasteiger partial charge in [-0.2, -0.15) is 0 Å². The van der Waals surface area contributed by atoms with E-state index in [0.29, 0.717) is 0 Å². The Morgan fingerprint density at radius 2 is 2.24 bits per heavy atom. The molecular weight excluding hydrogens is 240 g/mol. The number of nitrogens with two attached hydrogens (primary N) is 1. The van der Waals surface area contributed by atoms with Crippen molar-refractivity contribution in [3.63, 3.8) is 0 Å². The lowest BCUT2D eigenvalue weighted by Gasteiger charge is -2.09. The zero-order valence-corrected chi connectivity index (χ0v) is 10.2. The van der Waals surface area contributed by atoms with Crippen LogP contribution < -0.4 is 10.5 Å². The van der Waals surface area contributed by atoms with Gasteiger partial charge in [-0.15, -0.1) is 0 Å². The van der Waals surface area contributed by atoms with Gasteiger partial charge >= 0.3 is 0 Å². The predicted molar refractivity (Wildman–Crippen MR) is 64.0 cm³/mol. The average molecular weight is 256 g/mol. The van der Waals surface area contributed by atoms with Crippen LogP contribution in [0.4, 0.5) is 0 Å². The van der Waals surface area contributed by atoms with Gasteiger partial charge in [0.15, 0.2) is 0 Å². The van der Waals surface area contributed by atoms with Crippen LogP contribution in [0.25, 0.3) is 0 Å². The summed E-state index contributed by atoms with van der Waals surface area (Å²) >= 11 is 0. The molecule has 1 aromatic carbocycles. The molecule has 0 aliphatic heterocycles. The smallest absolute Gasteiger partial charge is 0.240 e. The van der Waals surface area contributed by atoms with Crippen LogP contribution in [0.5, 0.6) is 0 Å². The van der Waals surface area contributed by atoms with E-state index in [1.807, 2.05) is 6.07 Å². The quantitative estimate of drug-likeness (QED) is 0.701. The molecule has 0 heterocycles. The zero-order valence-electron chi connectivity index (χ0n) is 9.39. The number of rotatable bonds is 4. The van der Waals surface area contributed by atoms with Gasteiger partial charge in [-0.3, -0.25) is 0 Å². The number of aliphatic hydroxyl groups excluding tert-OH is 1. The first-order valence-corrected chi connectivity index (χ1v) is 7.02. The number of aryl methyl sites for hydroxylation is 1. The minimum atomic E-state index is -3.53. The molecule has 6 heteroatoms. The van der Waals surface area contributed by atoms with Gasteiger partial charge in [0.1, 0.15) is 0 Å². The van der Waals surface area contributed by atoms with E-state index in [4.69, 9.17) is 10.8 Å². The lowest BCUT2D eigenvalue weighted by molar-refractivity contribution is 0.301. The van der Waals surface area contributed by atoms with Gasteiger partial charge < -0.3 is 10.8 Å². The molecule has 2 rings (SSSR count). The van der Waals surface area contributed by atoms with Gasteiger partial charge in [0.25, 0.3) is 0 Å². The number of nitrogens with one attached hydrogen (secondary N) is 1. The minimum absolute atomic E-state index is 0.0193. The van der Waals surface area contributed by atoms with Crippen LogP contribution in [0.15, 0.2) is 23.1 Å². The molecule has 4 N–H and O–H groups in total. The molecule has 0 saturated heterocycles. The first kappa shape index (κ1) is 12.5. The molecule has 1 aliphatic rings. The molecule has 94 valence electrons. The topological polar surface area (TPSA) is 92.4 Å². The summed E-state index contributed by atoms with van der Waals surface area (Å²) in [6, 6.07) is 4.96. The molecule has 0 saturated carbocycles. The minimum Gasteiger partial charge on any atom is -0.395 e. The fraction of sp³-hybridized carbons (Fsp3) is 0.455. The number of sulfonamides is 1. The monoisotopic (exact) mass is 256 g/mol. The molecule has 1 aromatic rings. The average Bonchev–Trinajstić information content (AvgIpc) is 2.68. The Hall–Kier alpha value is -0.950. The summed E-state index contributed by atoms with van der Waals surface area (Å²) in [7, 11) is -3.53. The summed E-state index contributed by atoms with van der Waals surface area (Å²) in [4.78, 5) is 0.210. The lowest BCUT2D eigenvalue weighted by Crippen LogP contribution is -2.26. The summed E-state index contributed by atoms with van der Waals surface area (Å²) in [6.07, 6.45) is 1.77. The van der Waals surface area contributed by atoms with Crippen molar-refractivity contribution >= 4 is 10.0 Å². The largest absolute Gasteiger partial charge is 0.395 e. The van der Waals surface area contributed by atoms with Crippen LogP contribution in [0.3, 0.4) is 0 Å². The summed E-state index contributed by atoms with van der Waals surface area (Å²) in [5, 5.41) is 8.63. The van der Waals surface area contributed by atoms with Crippen LogP contribution in [0, 0.1) is 0 Å². The molecule has 1 atom stereocenters. The van der Waals surface area contributed by atoms with Gasteiger partial charge in [-0.25, -0.2) is 13.1 Å². The lowest BCUT2D eigenvalue weighted by atomic mass is 10.1. The second-order valence-corrected chi connectivity index (χ2v) is 5.89. The Morgan fingerprint density at radius 3 is 2.94 bits per heavy atom. The molecule has 0 spiro atoms. The zero-order chi connectivity index (χ0) is 12.5. The van der Waals surface area contributed by atoms with E-state index in [0.717, 1.165) is 24.0 Å². The molecule has 1 aliphatic carbocycles. The number of fused-ring (bicyclic) bond motifs is 1. The predicted octanol–water partition coefficient (Wildman–Crippen LogP) is -0.0968. The van der Waals surface area contributed by atoms with Crippen molar-refractivity contribution in [2.24, 2.45) is 5.73 Å². The van der Waals surface area contributed by atoms with Gasteiger partial charge in [-0.1, -0.05) is 6.07 Å². The van der Waals surface area contributed by atoms with E-state index in [2.05, 4.69) is 4.72 Å². The third kappa shape index (κ3) is 2.50. The van der Waals surface area contributed by atoms with E-state index < -0.39 is 10.0 Å². The molecule has 5 nitrogen and oxygen atoms in total. The van der Waals surface area contributed by atoms with Crippen LogP contribution in [0.2, 0.25) is 0 Å². The molecular formula is C11H16N2O3S. The fourth-order valence-electron chi connectivity index (χ4n) is 2.04. The second kappa shape index (κ2) is 4.73. The number of benzene rings is 1. The maximum absolute atomic E-state index is 11.8. The van der Waals surface area contributed by atoms with Gasteiger partial charge in [0, 0.05) is 12.6 Å². The number of aliphatic hydroxyl groups is 1. The van der Waals surface area contributed by atoms with E-state index in [9.17, 15) is 8.42 Å². The fourth-order valence-corrected chi connectivity index (χ4v) is 3.10. The third-order valence-electron chi connectivity index (χ3n) is 2.96. The Labute approximate surface area is 101 Å². The summed E-state index contributed by atoms with van der Waals surface area (Å²) < 4.78 is 26.0. The van der Waals surface area contributed by atoms with Crippen molar-refractivity contribution < 1.29 is 13.5 Å². The third-order valence-corrected chi connectivity index (χ3v) is 4.41. The summed E-state index contributed by atoms with van der Waals surface area (Å²) in [6.45, 7) is -0.199. The number of hydrogen-bond donors (Lipinski definition) is 3. The number of hydrogen-bond acceptors (Lipinski definition) is 4. The normalized spacial score (nSPS) is 19.3. The van der Waals surface area contributed by atoms with Gasteiger partial charge in [0.05, 0.1) is 11.5 Å². The van der Waals surface area contributed by atoms with Crippen LogP contribution in [-0.4, -0.2) is 26.7 Å². The van der Waals surface area contributed by atoms with Crippen molar-refractivity contribution in [2.45, 2.75) is 23.8 Å². The van der Waals surface area contributed by atoms with Crippen molar-refractivity contribution in [1.29, 1.82) is 0 Å². The van der Waals surface area contributed by atoms with Crippen molar-refractivity contribution in [3.05, 3.63) is 29.3 Å². The summed E-state index contributed by atoms with van der Waals surface area (Å²) in [5.74, 6) is 0. The first-order valence-electron chi connectivity index (χ1n) is 5.53. The van der Waals surface area contributed by atoms with Crippen molar-refractivity contribution in [3.8, 4) is 0 Å². The van der Waals surface area contributed by atoms with Crippen molar-refractivity contribution in [2.75, 3.05) is 13.2 Å². The highest BCUT2D eigenvalue weighted by molar-refractivity contribution is 7.89. The van der Waals surface area contributed by atoms with Gasteiger partial charge in [-0.05, 0) is 36.1 Å². The Morgan fingerprint density at radius 1 is 1.47 bits per heavy atom. The maximum Gasteiger partial charge on any atom is 0.240 e. The maximum atomic E-state index is 11.8. The molecule has 0 aromatic heterocycles. The standard InChI is InChI=1S/C11H16N2O3S/c12-11-4-2-8-1-3-9(7-10(8)11)17(15,16)13-5-6-14/h1,3,7,11,13-14H,2,4-6,12H2/t11-/m1/s1. The van der Waals surface area contributed by atoms with Crippen LogP contribution >= 0.6 is 0 Å².